The number of ether oxygens (including phenoxy) is 1. The molecule has 4 rings (SSSR count). The molecular weight excluding hydrogens is 506 g/mol. The molecule has 0 spiro atoms. The summed E-state index contributed by atoms with van der Waals surface area (Å²) in [7, 11) is -2.66. The van der Waals surface area contributed by atoms with Gasteiger partial charge in [-0.1, -0.05) is 44.5 Å². The highest BCUT2D eigenvalue weighted by atomic mass is 35.5. The van der Waals surface area contributed by atoms with E-state index in [4.69, 9.17) is 16.3 Å². The fourth-order valence-corrected chi connectivity index (χ4v) is 5.22. The van der Waals surface area contributed by atoms with Crippen LogP contribution in [0, 0.1) is 0 Å². The van der Waals surface area contributed by atoms with E-state index in [0.717, 1.165) is 15.2 Å². The van der Waals surface area contributed by atoms with Crippen LogP contribution >= 0.6 is 11.6 Å². The summed E-state index contributed by atoms with van der Waals surface area (Å²) in [4.78, 5) is 27.4. The SMILES string of the molecule is COc1cc(CN2C(=O)c3c(Cl)ccc(NS(=O)(=O)c4ccc(C(C)(C)C)cc4)c3C2=O)c[n+](O)c1. The number of pyridine rings is 1. The zero-order valence-corrected chi connectivity index (χ0v) is 21.6. The smallest absolute Gasteiger partial charge is 0.264 e. The van der Waals surface area contributed by atoms with Crippen LogP contribution in [0.5, 0.6) is 5.75 Å². The summed E-state index contributed by atoms with van der Waals surface area (Å²) in [5, 5.41) is 9.86. The van der Waals surface area contributed by atoms with Crippen molar-refractivity contribution in [1.82, 2.24) is 4.90 Å². The topological polar surface area (TPSA) is 117 Å². The Balaban J connectivity index is 1.68. The van der Waals surface area contributed by atoms with Gasteiger partial charge in [0.25, 0.3) is 28.0 Å². The number of sulfonamides is 1. The largest absolute Gasteiger partial charge is 0.491 e. The number of fused-ring (bicyclic) bond motifs is 1. The van der Waals surface area contributed by atoms with Crippen molar-refractivity contribution in [2.45, 2.75) is 37.6 Å². The Hall–Kier alpha value is -3.63. The van der Waals surface area contributed by atoms with Crippen molar-refractivity contribution < 1.29 is 32.7 Å². The van der Waals surface area contributed by atoms with Gasteiger partial charge in [0.15, 0.2) is 5.75 Å². The van der Waals surface area contributed by atoms with E-state index in [1.807, 2.05) is 20.8 Å². The van der Waals surface area contributed by atoms with E-state index in [2.05, 4.69) is 4.72 Å². The molecule has 9 nitrogen and oxygen atoms in total. The van der Waals surface area contributed by atoms with Gasteiger partial charge in [-0.3, -0.25) is 24.4 Å². The van der Waals surface area contributed by atoms with Gasteiger partial charge in [-0.05, 0) is 41.3 Å². The molecule has 0 saturated heterocycles. The molecule has 1 aliphatic rings. The number of hydrogen-bond acceptors (Lipinski definition) is 6. The van der Waals surface area contributed by atoms with Gasteiger partial charge in [-0.2, -0.15) is 0 Å². The van der Waals surface area contributed by atoms with Crippen molar-refractivity contribution in [3.8, 4) is 5.75 Å². The Kier molecular flexibility index (Phi) is 6.44. The Morgan fingerprint density at radius 2 is 1.67 bits per heavy atom. The van der Waals surface area contributed by atoms with Gasteiger partial charge in [0.2, 0.25) is 6.20 Å². The van der Waals surface area contributed by atoms with Crippen molar-refractivity contribution >= 4 is 39.1 Å². The molecule has 0 bridgehead atoms. The van der Waals surface area contributed by atoms with Crippen LogP contribution in [0.1, 0.15) is 52.6 Å². The van der Waals surface area contributed by atoms with Crippen LogP contribution in [-0.4, -0.2) is 37.4 Å². The summed E-state index contributed by atoms with van der Waals surface area (Å²) < 4.78 is 34.5. The lowest BCUT2D eigenvalue weighted by Gasteiger charge is -2.19. The first-order valence-electron chi connectivity index (χ1n) is 10.9. The molecule has 0 unspecified atom stereocenters. The molecule has 1 aliphatic heterocycles. The number of nitrogens with one attached hydrogen (secondary N) is 1. The molecule has 1 aromatic heterocycles. The Bertz CT molecular complexity index is 1480. The molecule has 0 radical (unpaired) electrons. The van der Waals surface area contributed by atoms with Crippen molar-refractivity contribution in [3.05, 3.63) is 82.1 Å². The molecule has 188 valence electrons. The number of carbonyl (C=O) groups is 2. The average molecular weight is 531 g/mol. The van der Waals surface area contributed by atoms with Crippen molar-refractivity contribution in [1.29, 1.82) is 0 Å². The maximum absolute atomic E-state index is 13.3. The number of halogens is 1. The number of carbonyl (C=O) groups excluding carboxylic acids is 2. The van der Waals surface area contributed by atoms with Crippen LogP contribution in [0.25, 0.3) is 0 Å². The van der Waals surface area contributed by atoms with E-state index in [-0.39, 0.29) is 38.7 Å². The summed E-state index contributed by atoms with van der Waals surface area (Å²) in [6.07, 6.45) is 2.63. The molecule has 0 fully saturated rings. The quantitative estimate of drug-likeness (QED) is 0.285. The molecule has 3 aromatic rings. The first-order valence-corrected chi connectivity index (χ1v) is 12.8. The van der Waals surface area contributed by atoms with E-state index in [0.29, 0.717) is 11.3 Å². The lowest BCUT2D eigenvalue weighted by molar-refractivity contribution is -0.905. The van der Waals surface area contributed by atoms with Crippen LogP contribution in [0.15, 0.2) is 59.8 Å². The van der Waals surface area contributed by atoms with E-state index < -0.39 is 21.8 Å². The predicted molar refractivity (Wildman–Crippen MR) is 132 cm³/mol. The summed E-state index contributed by atoms with van der Waals surface area (Å²) >= 11 is 6.25. The number of benzene rings is 2. The number of hydrogen-bond donors (Lipinski definition) is 2. The molecule has 0 atom stereocenters. The third-order valence-corrected chi connectivity index (χ3v) is 7.51. The first kappa shape index (κ1) is 25.5. The minimum atomic E-state index is -4.07. The number of methoxy groups -OCH3 is 1. The predicted octanol–water partition coefficient (Wildman–Crippen LogP) is 3.77. The van der Waals surface area contributed by atoms with Gasteiger partial charge < -0.3 is 4.74 Å². The summed E-state index contributed by atoms with van der Waals surface area (Å²) in [5.74, 6) is -1.08. The zero-order valence-electron chi connectivity index (χ0n) is 20.1. The summed E-state index contributed by atoms with van der Waals surface area (Å²) in [6, 6.07) is 10.7. The Morgan fingerprint density at radius 3 is 2.28 bits per heavy atom. The molecule has 11 heteroatoms. The number of anilines is 1. The zero-order chi connectivity index (χ0) is 26.4. The number of amides is 2. The van der Waals surface area contributed by atoms with Crippen molar-refractivity contribution in [3.63, 3.8) is 0 Å². The first-order chi connectivity index (χ1) is 16.8. The van der Waals surface area contributed by atoms with Gasteiger partial charge in [-0.15, -0.1) is 0 Å². The standard InChI is InChI=1S/C25H24ClN3O6S/c1-25(2,3)16-5-7-18(8-6-16)36(33,34)27-20-10-9-19(26)21-22(20)24(31)29(23(21)30)13-15-11-17(35-4)14-28(32)12-15/h5-12,14H,13H2,1-4H3,(H-,27,31,32)/p+1. The Labute approximate surface area is 213 Å². The van der Waals surface area contributed by atoms with E-state index in [1.54, 1.807) is 18.2 Å². The van der Waals surface area contributed by atoms with Gasteiger partial charge in [-0.25, -0.2) is 8.42 Å². The van der Waals surface area contributed by atoms with Crippen molar-refractivity contribution in [2.24, 2.45) is 0 Å². The van der Waals surface area contributed by atoms with Gasteiger partial charge in [0, 0.05) is 10.3 Å². The van der Waals surface area contributed by atoms with Crippen LogP contribution in [0.3, 0.4) is 0 Å². The average Bonchev–Trinajstić information content (AvgIpc) is 3.06. The molecule has 0 saturated carbocycles. The summed E-state index contributed by atoms with van der Waals surface area (Å²) in [6.45, 7) is 5.87. The van der Waals surface area contributed by atoms with E-state index in [1.165, 1.54) is 43.8 Å². The normalized spacial score (nSPS) is 13.6. The molecule has 2 aromatic carbocycles. The third kappa shape index (κ3) is 4.74. The van der Waals surface area contributed by atoms with Crippen LogP contribution in [0.2, 0.25) is 5.02 Å². The number of imide groups is 1. The van der Waals surface area contributed by atoms with Gasteiger partial charge >= 0.3 is 0 Å². The highest BCUT2D eigenvalue weighted by Crippen LogP contribution is 2.36. The third-order valence-electron chi connectivity index (χ3n) is 5.81. The maximum Gasteiger partial charge on any atom is 0.264 e. The van der Waals surface area contributed by atoms with Crippen LogP contribution in [0.4, 0.5) is 5.69 Å². The second-order valence-corrected chi connectivity index (χ2v) is 11.5. The lowest BCUT2D eigenvalue weighted by Crippen LogP contribution is -2.33. The Morgan fingerprint density at radius 1 is 1.03 bits per heavy atom. The van der Waals surface area contributed by atoms with Crippen LogP contribution < -0.4 is 14.2 Å². The van der Waals surface area contributed by atoms with Gasteiger partial charge in [0.1, 0.15) is 0 Å². The summed E-state index contributed by atoms with van der Waals surface area (Å²) in [5.41, 5.74) is 0.932. The molecule has 36 heavy (non-hydrogen) atoms. The highest BCUT2D eigenvalue weighted by molar-refractivity contribution is 7.92. The fourth-order valence-electron chi connectivity index (χ4n) is 3.91. The van der Waals surface area contributed by atoms with E-state index >= 15 is 0 Å². The van der Waals surface area contributed by atoms with Crippen LogP contribution in [-0.2, 0) is 22.0 Å². The fraction of sp³-hybridized carbons (Fsp3) is 0.240. The maximum atomic E-state index is 13.3. The molecule has 2 N–H and O–H groups in total. The molecule has 2 heterocycles. The number of aromatic nitrogens is 1. The second kappa shape index (κ2) is 9.11. The number of rotatable bonds is 6. The van der Waals surface area contributed by atoms with Gasteiger partial charge in [0.05, 0.1) is 40.4 Å². The minimum Gasteiger partial charge on any atom is -0.491 e. The number of nitrogens with zero attached hydrogens (tertiary/aromatic N) is 2. The highest BCUT2D eigenvalue weighted by Gasteiger charge is 2.40. The monoisotopic (exact) mass is 530 g/mol. The van der Waals surface area contributed by atoms with E-state index in [9.17, 15) is 23.2 Å². The molecular formula is C25H25ClN3O6S+. The lowest BCUT2D eigenvalue weighted by atomic mass is 9.87. The minimum absolute atomic E-state index is 0.0108. The van der Waals surface area contributed by atoms with Crippen molar-refractivity contribution in [2.75, 3.05) is 11.8 Å². The molecule has 2 amide bonds. The molecule has 0 aliphatic carbocycles. The second-order valence-electron chi connectivity index (χ2n) is 9.39.